The van der Waals surface area contributed by atoms with E-state index in [1.165, 1.54) is 24.0 Å². The Hall–Kier alpha value is -1.02. The normalized spacial score (nSPS) is 17.2. The maximum atomic E-state index is 9.75. The van der Waals surface area contributed by atoms with E-state index in [2.05, 4.69) is 0 Å². The van der Waals surface area contributed by atoms with Gasteiger partial charge in [0.25, 0.3) is 0 Å². The minimum atomic E-state index is -0.305. The summed E-state index contributed by atoms with van der Waals surface area (Å²) in [5.74, 6) is 0.430. The predicted octanol–water partition coefficient (Wildman–Crippen LogP) is 2.19. The fraction of sp³-hybridized carbons (Fsp3) is 0.538. The fourth-order valence-electron chi connectivity index (χ4n) is 2.43. The van der Waals surface area contributed by atoms with Crippen molar-refractivity contribution in [2.45, 2.75) is 45.1 Å². The van der Waals surface area contributed by atoms with Crippen molar-refractivity contribution in [2.24, 2.45) is 0 Å². The molecule has 1 aromatic rings. The Morgan fingerprint density at radius 2 is 1.87 bits per heavy atom. The summed E-state index contributed by atoms with van der Waals surface area (Å²) in [5, 5.41) is 19.2. The molecule has 0 saturated carbocycles. The van der Waals surface area contributed by atoms with Gasteiger partial charge in [-0.3, -0.25) is 0 Å². The van der Waals surface area contributed by atoms with E-state index in [4.69, 9.17) is 0 Å². The molecule has 1 aromatic carbocycles. The molecule has 0 aliphatic heterocycles. The molecule has 0 amide bonds. The van der Waals surface area contributed by atoms with Crippen LogP contribution in [-0.4, -0.2) is 16.3 Å². The topological polar surface area (TPSA) is 40.5 Å². The van der Waals surface area contributed by atoms with Crippen molar-refractivity contribution in [2.75, 3.05) is 0 Å². The first-order chi connectivity index (χ1) is 7.18. The van der Waals surface area contributed by atoms with E-state index < -0.39 is 0 Å². The van der Waals surface area contributed by atoms with Crippen molar-refractivity contribution in [3.63, 3.8) is 0 Å². The number of hydrogen-bond acceptors (Lipinski definition) is 2. The fourth-order valence-corrected chi connectivity index (χ4v) is 2.43. The Labute approximate surface area is 90.6 Å². The number of aromatic hydroxyl groups is 1. The third-order valence-corrected chi connectivity index (χ3v) is 3.12. The van der Waals surface area contributed by atoms with Crippen LogP contribution in [0.2, 0.25) is 0 Å². The van der Waals surface area contributed by atoms with Gasteiger partial charge in [-0.1, -0.05) is 6.07 Å². The molecule has 1 unspecified atom stereocenters. The molecule has 1 atom stereocenters. The van der Waals surface area contributed by atoms with Crippen LogP contribution >= 0.6 is 0 Å². The molecule has 82 valence electrons. The summed E-state index contributed by atoms with van der Waals surface area (Å²) in [6.07, 6.45) is 4.78. The summed E-state index contributed by atoms with van der Waals surface area (Å²) in [6, 6.07) is 3.72. The number of benzene rings is 1. The zero-order valence-corrected chi connectivity index (χ0v) is 9.16. The molecule has 0 radical (unpaired) electrons. The molecule has 0 heterocycles. The van der Waals surface area contributed by atoms with Gasteiger partial charge in [0.2, 0.25) is 0 Å². The van der Waals surface area contributed by atoms with Gasteiger partial charge < -0.3 is 10.2 Å². The van der Waals surface area contributed by atoms with Crippen LogP contribution in [0.3, 0.4) is 0 Å². The van der Waals surface area contributed by atoms with Crippen molar-refractivity contribution in [3.8, 4) is 5.75 Å². The quantitative estimate of drug-likeness (QED) is 0.778. The lowest BCUT2D eigenvalue weighted by Crippen LogP contribution is -2.11. The maximum absolute atomic E-state index is 9.75. The molecule has 0 fully saturated rings. The van der Waals surface area contributed by atoms with Crippen LogP contribution in [0, 0.1) is 0 Å². The smallest absolute Gasteiger partial charge is 0.119 e. The summed E-state index contributed by atoms with van der Waals surface area (Å²) in [5.41, 5.74) is 3.60. The predicted molar refractivity (Wildman–Crippen MR) is 60.1 cm³/mol. The number of phenolic OH excluding ortho intramolecular Hbond substituents is 1. The molecule has 1 aliphatic rings. The summed E-state index contributed by atoms with van der Waals surface area (Å²) in [6.45, 7) is 1.81. The maximum Gasteiger partial charge on any atom is 0.119 e. The largest absolute Gasteiger partial charge is 0.508 e. The molecule has 0 bridgehead atoms. The van der Waals surface area contributed by atoms with Gasteiger partial charge in [-0.25, -0.2) is 0 Å². The van der Waals surface area contributed by atoms with Crippen molar-refractivity contribution in [3.05, 3.63) is 28.8 Å². The number of phenols is 1. The van der Waals surface area contributed by atoms with Gasteiger partial charge in [-0.15, -0.1) is 0 Å². The molecule has 0 spiro atoms. The van der Waals surface area contributed by atoms with Crippen LogP contribution in [0.5, 0.6) is 5.75 Å². The molecule has 2 rings (SSSR count). The Morgan fingerprint density at radius 3 is 2.53 bits per heavy atom. The molecule has 2 heteroatoms. The summed E-state index contributed by atoms with van der Waals surface area (Å²) in [7, 11) is 0. The minimum absolute atomic E-state index is 0.305. The highest BCUT2D eigenvalue weighted by molar-refractivity contribution is 5.46. The minimum Gasteiger partial charge on any atom is -0.508 e. The molecule has 0 saturated heterocycles. The number of aliphatic hydroxyl groups excluding tert-OH is 1. The highest BCUT2D eigenvalue weighted by Gasteiger charge is 2.17. The van der Waals surface area contributed by atoms with Crippen molar-refractivity contribution >= 4 is 0 Å². The van der Waals surface area contributed by atoms with Crippen LogP contribution in [0.1, 0.15) is 36.5 Å². The van der Waals surface area contributed by atoms with Crippen LogP contribution in [-0.2, 0) is 19.3 Å². The van der Waals surface area contributed by atoms with Crippen molar-refractivity contribution < 1.29 is 10.2 Å². The van der Waals surface area contributed by atoms with E-state index in [0.717, 1.165) is 18.4 Å². The molecule has 2 nitrogen and oxygen atoms in total. The highest BCUT2D eigenvalue weighted by atomic mass is 16.3. The summed E-state index contributed by atoms with van der Waals surface area (Å²) >= 11 is 0. The van der Waals surface area contributed by atoms with Gasteiger partial charge >= 0.3 is 0 Å². The molecule has 15 heavy (non-hydrogen) atoms. The molecule has 2 N–H and O–H groups in total. The monoisotopic (exact) mass is 206 g/mol. The SMILES string of the molecule is CC(O)Cc1ccc(O)c2c1CCCC2. The van der Waals surface area contributed by atoms with Gasteiger partial charge in [0.1, 0.15) is 5.75 Å². The standard InChI is InChI=1S/C13H18O2/c1-9(14)8-10-6-7-13(15)12-5-3-2-4-11(10)12/h6-7,9,14-15H,2-5,8H2,1H3. The van der Waals surface area contributed by atoms with Gasteiger partial charge in [-0.2, -0.15) is 0 Å². The molecular weight excluding hydrogens is 188 g/mol. The lowest BCUT2D eigenvalue weighted by Gasteiger charge is -2.21. The van der Waals surface area contributed by atoms with Crippen molar-refractivity contribution in [1.82, 2.24) is 0 Å². The van der Waals surface area contributed by atoms with Crippen LogP contribution in [0.15, 0.2) is 12.1 Å². The van der Waals surface area contributed by atoms with Crippen LogP contribution < -0.4 is 0 Å². The van der Waals surface area contributed by atoms with Crippen molar-refractivity contribution in [1.29, 1.82) is 0 Å². The van der Waals surface area contributed by atoms with Gasteiger partial charge in [0.15, 0.2) is 0 Å². The molecule has 0 aromatic heterocycles. The second-order valence-corrected chi connectivity index (χ2v) is 4.46. The average molecular weight is 206 g/mol. The first-order valence-electron chi connectivity index (χ1n) is 5.69. The third-order valence-electron chi connectivity index (χ3n) is 3.12. The zero-order chi connectivity index (χ0) is 10.8. The van der Waals surface area contributed by atoms with Crippen LogP contribution in [0.4, 0.5) is 0 Å². The second-order valence-electron chi connectivity index (χ2n) is 4.46. The highest BCUT2D eigenvalue weighted by Crippen LogP contribution is 2.31. The Morgan fingerprint density at radius 1 is 1.20 bits per heavy atom. The van der Waals surface area contributed by atoms with Gasteiger partial charge in [0.05, 0.1) is 6.10 Å². The number of rotatable bonds is 2. The third kappa shape index (κ3) is 2.15. The number of hydrogen-bond donors (Lipinski definition) is 2. The van der Waals surface area contributed by atoms with E-state index in [0.29, 0.717) is 12.2 Å². The zero-order valence-electron chi connectivity index (χ0n) is 9.16. The first kappa shape index (κ1) is 10.5. The van der Waals surface area contributed by atoms with Gasteiger partial charge in [0, 0.05) is 0 Å². The van der Waals surface area contributed by atoms with Gasteiger partial charge in [-0.05, 0) is 61.8 Å². The van der Waals surface area contributed by atoms with E-state index in [-0.39, 0.29) is 6.10 Å². The summed E-state index contributed by atoms with van der Waals surface area (Å²) in [4.78, 5) is 0. The first-order valence-corrected chi connectivity index (χ1v) is 5.69. The Balaban J connectivity index is 2.39. The molecule has 1 aliphatic carbocycles. The second kappa shape index (κ2) is 4.23. The lowest BCUT2D eigenvalue weighted by molar-refractivity contribution is 0.195. The van der Waals surface area contributed by atoms with E-state index >= 15 is 0 Å². The Kier molecular flexibility index (Phi) is 2.96. The van der Waals surface area contributed by atoms with E-state index in [1.807, 2.05) is 13.0 Å². The number of aliphatic hydroxyl groups is 1. The number of fused-ring (bicyclic) bond motifs is 1. The van der Waals surface area contributed by atoms with E-state index in [1.54, 1.807) is 6.07 Å². The van der Waals surface area contributed by atoms with E-state index in [9.17, 15) is 10.2 Å². The lowest BCUT2D eigenvalue weighted by atomic mass is 9.86. The van der Waals surface area contributed by atoms with Crippen LogP contribution in [0.25, 0.3) is 0 Å². The Bertz CT molecular complexity index is 356. The molecular formula is C13H18O2. The average Bonchev–Trinajstić information content (AvgIpc) is 2.22. The summed E-state index contributed by atoms with van der Waals surface area (Å²) < 4.78 is 0.